The minimum Gasteiger partial charge on any atom is -0.0882 e. The van der Waals surface area contributed by atoms with Crippen molar-refractivity contribution in [3.63, 3.8) is 0 Å². The fourth-order valence-corrected chi connectivity index (χ4v) is 1.19. The lowest BCUT2D eigenvalue weighted by Crippen LogP contribution is -1.67. The maximum Gasteiger partial charge on any atom is -0.0166 e. The van der Waals surface area contributed by atoms with Gasteiger partial charge in [-0.15, -0.1) is 0 Å². The van der Waals surface area contributed by atoms with Crippen molar-refractivity contribution in [3.8, 4) is 0 Å². The van der Waals surface area contributed by atoms with Gasteiger partial charge in [-0.25, -0.2) is 0 Å². The summed E-state index contributed by atoms with van der Waals surface area (Å²) in [6.07, 6.45) is 24.0. The second-order valence-corrected chi connectivity index (χ2v) is 3.09. The van der Waals surface area contributed by atoms with Gasteiger partial charge in [0, 0.05) is 0 Å². The van der Waals surface area contributed by atoms with Crippen LogP contribution in [0.15, 0.2) is 42.5 Å². The van der Waals surface area contributed by atoms with Crippen molar-refractivity contribution in [1.29, 1.82) is 0 Å². The second kappa shape index (κ2) is 7.60. The van der Waals surface area contributed by atoms with E-state index in [9.17, 15) is 0 Å². The van der Waals surface area contributed by atoms with Crippen molar-refractivity contribution in [2.45, 2.75) is 32.1 Å². The number of allylic oxidation sites excluding steroid dienone is 8. The van der Waals surface area contributed by atoms with Crippen molar-refractivity contribution in [1.82, 2.24) is 0 Å². The highest BCUT2D eigenvalue weighted by atomic mass is 13.9. The Bertz CT molecular complexity index is 216. The van der Waals surface area contributed by atoms with Crippen LogP contribution in [0.5, 0.6) is 0 Å². The first-order valence-corrected chi connectivity index (χ1v) is 5.02. The van der Waals surface area contributed by atoms with Crippen molar-refractivity contribution in [2.75, 3.05) is 0 Å². The maximum atomic E-state index is 3.24. The molecule has 69 valence electrons. The molecule has 0 nitrogen and oxygen atoms in total. The molecule has 0 bridgehead atoms. The van der Waals surface area contributed by atoms with Crippen molar-refractivity contribution >= 4 is 0 Å². The zero-order valence-electron chi connectivity index (χ0n) is 8.08. The Morgan fingerprint density at radius 1 is 0.769 bits per heavy atom. The lowest BCUT2D eigenvalue weighted by molar-refractivity contribution is 0.991. The normalized spacial score (nSPS) is 28.9. The van der Waals surface area contributed by atoms with Gasteiger partial charge in [-0.1, -0.05) is 42.5 Å². The largest absolute Gasteiger partial charge is 0.0882 e. The number of rotatable bonds is 0. The topological polar surface area (TPSA) is 0 Å². The minimum absolute atomic E-state index is 1.04. The summed E-state index contributed by atoms with van der Waals surface area (Å²) in [5.74, 6) is 0. The highest BCUT2D eigenvalue weighted by Gasteiger charge is 1.80. The predicted molar refractivity (Wildman–Crippen MR) is 58.3 cm³/mol. The summed E-state index contributed by atoms with van der Waals surface area (Å²) >= 11 is 0. The SMILES string of the molecule is [C]1=C/C=C\C/C=C\CC/C=C\CC/1. The van der Waals surface area contributed by atoms with Crippen LogP contribution < -0.4 is 0 Å². The second-order valence-electron chi connectivity index (χ2n) is 3.09. The Kier molecular flexibility index (Phi) is 5.87. The molecule has 0 aromatic rings. The van der Waals surface area contributed by atoms with E-state index in [1.165, 1.54) is 12.8 Å². The summed E-state index contributed by atoms with van der Waals surface area (Å²) in [4.78, 5) is 0. The molecule has 0 fully saturated rings. The third kappa shape index (κ3) is 6.15. The van der Waals surface area contributed by atoms with E-state index < -0.39 is 0 Å². The Balaban J connectivity index is 2.38. The Morgan fingerprint density at radius 2 is 1.54 bits per heavy atom. The lowest BCUT2D eigenvalue weighted by atomic mass is 10.2. The van der Waals surface area contributed by atoms with Crippen molar-refractivity contribution in [3.05, 3.63) is 48.6 Å². The van der Waals surface area contributed by atoms with Gasteiger partial charge in [0.2, 0.25) is 0 Å². The summed E-state index contributed by atoms with van der Waals surface area (Å²) in [6.45, 7) is 0. The Morgan fingerprint density at radius 3 is 2.46 bits per heavy atom. The average molecular weight is 173 g/mol. The third-order valence-corrected chi connectivity index (χ3v) is 1.91. The van der Waals surface area contributed by atoms with Gasteiger partial charge >= 0.3 is 0 Å². The molecular weight excluding hydrogens is 156 g/mol. The van der Waals surface area contributed by atoms with Crippen LogP contribution in [-0.2, 0) is 0 Å². The molecule has 0 saturated heterocycles. The van der Waals surface area contributed by atoms with E-state index in [1.54, 1.807) is 0 Å². The summed E-state index contributed by atoms with van der Waals surface area (Å²) in [7, 11) is 0. The minimum atomic E-state index is 1.04. The fourth-order valence-electron chi connectivity index (χ4n) is 1.19. The standard InChI is InChI=1S/C13H17/c1-2-4-6-8-10-12-13-11-9-7-5-3-1/h1-3,6,8,11,13H,4,7,9-10,12H2/b2-1-,5-3?,8-6-,13-11-. The van der Waals surface area contributed by atoms with Gasteiger partial charge in [-0.2, -0.15) is 0 Å². The quantitative estimate of drug-likeness (QED) is 0.486. The van der Waals surface area contributed by atoms with E-state index in [0.29, 0.717) is 0 Å². The van der Waals surface area contributed by atoms with E-state index in [-0.39, 0.29) is 0 Å². The fraction of sp³-hybridized carbons (Fsp3) is 0.385. The first-order chi connectivity index (χ1) is 6.50. The molecule has 0 saturated carbocycles. The Hall–Kier alpha value is -1.04. The molecule has 0 atom stereocenters. The first-order valence-electron chi connectivity index (χ1n) is 5.02. The highest BCUT2D eigenvalue weighted by Crippen LogP contribution is 1.99. The molecule has 1 rings (SSSR count). The summed E-state index contributed by atoms with van der Waals surface area (Å²) in [6, 6.07) is 0. The van der Waals surface area contributed by atoms with Crippen LogP contribution in [0.4, 0.5) is 0 Å². The molecule has 0 heterocycles. The predicted octanol–water partition coefficient (Wildman–Crippen LogP) is 3.98. The van der Waals surface area contributed by atoms with E-state index >= 15 is 0 Å². The molecule has 0 aromatic carbocycles. The summed E-state index contributed by atoms with van der Waals surface area (Å²) in [5.41, 5.74) is 0. The maximum absolute atomic E-state index is 3.24. The summed E-state index contributed by atoms with van der Waals surface area (Å²) < 4.78 is 0. The monoisotopic (exact) mass is 173 g/mol. The van der Waals surface area contributed by atoms with Crippen LogP contribution >= 0.6 is 0 Å². The van der Waals surface area contributed by atoms with E-state index in [1.807, 2.05) is 6.08 Å². The van der Waals surface area contributed by atoms with Crippen LogP contribution in [0.1, 0.15) is 32.1 Å². The van der Waals surface area contributed by atoms with Crippen LogP contribution in [0, 0.1) is 6.08 Å². The van der Waals surface area contributed by atoms with Crippen molar-refractivity contribution in [2.24, 2.45) is 0 Å². The molecule has 0 N–H and O–H groups in total. The third-order valence-electron chi connectivity index (χ3n) is 1.91. The number of hydrogen-bond acceptors (Lipinski definition) is 0. The van der Waals surface area contributed by atoms with Crippen LogP contribution in [0.25, 0.3) is 0 Å². The lowest BCUT2D eigenvalue weighted by Gasteiger charge is -1.86. The molecule has 1 radical (unpaired) electrons. The summed E-state index contributed by atoms with van der Waals surface area (Å²) in [5, 5.41) is 0. The van der Waals surface area contributed by atoms with Gasteiger partial charge in [-0.3, -0.25) is 0 Å². The molecule has 1 aliphatic carbocycles. The first kappa shape index (κ1) is 10.0. The van der Waals surface area contributed by atoms with Crippen molar-refractivity contribution < 1.29 is 0 Å². The Labute approximate surface area is 81.4 Å². The van der Waals surface area contributed by atoms with E-state index in [2.05, 4.69) is 42.5 Å². The smallest absolute Gasteiger partial charge is 0.0166 e. The van der Waals surface area contributed by atoms with Gasteiger partial charge in [0.1, 0.15) is 0 Å². The van der Waals surface area contributed by atoms with E-state index in [0.717, 1.165) is 19.3 Å². The van der Waals surface area contributed by atoms with Crippen LogP contribution in [0.3, 0.4) is 0 Å². The molecule has 1 aliphatic rings. The zero-order chi connectivity index (χ0) is 9.19. The molecule has 0 amide bonds. The van der Waals surface area contributed by atoms with Crippen LogP contribution in [-0.4, -0.2) is 0 Å². The van der Waals surface area contributed by atoms with Gasteiger partial charge in [0.15, 0.2) is 0 Å². The molecule has 0 aromatic heterocycles. The number of hydrogen-bond donors (Lipinski definition) is 0. The van der Waals surface area contributed by atoms with Gasteiger partial charge in [-0.05, 0) is 38.2 Å². The molecule has 0 heteroatoms. The molecular formula is C13H17. The molecule has 0 unspecified atom stereocenters. The molecule has 0 aliphatic heterocycles. The van der Waals surface area contributed by atoms with Gasteiger partial charge in [0.05, 0.1) is 0 Å². The average Bonchev–Trinajstić information content (AvgIpc) is 2.18. The molecule has 13 heavy (non-hydrogen) atoms. The highest BCUT2D eigenvalue weighted by molar-refractivity contribution is 5.03. The van der Waals surface area contributed by atoms with Crippen LogP contribution in [0.2, 0.25) is 0 Å². The zero-order valence-corrected chi connectivity index (χ0v) is 8.08. The van der Waals surface area contributed by atoms with E-state index in [4.69, 9.17) is 0 Å². The van der Waals surface area contributed by atoms with Gasteiger partial charge in [0.25, 0.3) is 0 Å². The van der Waals surface area contributed by atoms with Gasteiger partial charge < -0.3 is 0 Å². The molecule has 0 spiro atoms.